The van der Waals surface area contributed by atoms with Crippen molar-refractivity contribution in [1.29, 1.82) is 0 Å². The highest BCUT2D eigenvalue weighted by molar-refractivity contribution is 5.83. The summed E-state index contributed by atoms with van der Waals surface area (Å²) in [4.78, 5) is 13.3. The fraction of sp³-hybridized carbons (Fsp3) is 0.963. The highest BCUT2D eigenvalue weighted by Crippen LogP contribution is 2.71. The molecule has 0 aromatic carbocycles. The zero-order valence-corrected chi connectivity index (χ0v) is 19.9. The third-order valence-electron chi connectivity index (χ3n) is 11.7. The van der Waals surface area contributed by atoms with Crippen molar-refractivity contribution in [3.63, 3.8) is 0 Å². The Hall–Kier alpha value is -0.450. The zero-order valence-electron chi connectivity index (χ0n) is 19.9. The first kappa shape index (κ1) is 21.1. The summed E-state index contributed by atoms with van der Waals surface area (Å²) in [6, 6.07) is 0. The molecule has 4 nitrogen and oxygen atoms in total. The minimum Gasteiger partial charge on any atom is -0.393 e. The van der Waals surface area contributed by atoms with Gasteiger partial charge in [-0.1, -0.05) is 27.7 Å². The standard InChI is InChI=1S/C27H42O4/c1-15-5-10-27(30-14-15)16(2)24-23(31-27)13-20-18-12-22(29)21-11-17(28)6-8-25(21,3)19(18)7-9-26(20,24)4/h15-21,23-24,28H,5-14H2,1-4H3/t15-,16+,17+,18-,19?,20?,21-,23+,24+,25-,26+,27-/m1/s1. The van der Waals surface area contributed by atoms with Gasteiger partial charge in [0.2, 0.25) is 0 Å². The van der Waals surface area contributed by atoms with Gasteiger partial charge in [-0.15, -0.1) is 0 Å². The Bertz CT molecular complexity index is 756. The summed E-state index contributed by atoms with van der Waals surface area (Å²) < 4.78 is 13.3. The number of rotatable bonds is 0. The average molecular weight is 431 g/mol. The Labute approximate surface area is 187 Å². The molecule has 174 valence electrons. The summed E-state index contributed by atoms with van der Waals surface area (Å²) in [6.45, 7) is 10.4. The predicted octanol–water partition coefficient (Wildman–Crippen LogP) is 4.97. The molecular weight excluding hydrogens is 388 g/mol. The number of Topliss-reactive ketones (excluding diaryl/α,β-unsaturated/α-hetero) is 1. The second kappa shape index (κ2) is 6.79. The van der Waals surface area contributed by atoms with E-state index in [9.17, 15) is 9.90 Å². The van der Waals surface area contributed by atoms with E-state index in [2.05, 4.69) is 27.7 Å². The van der Waals surface area contributed by atoms with Crippen molar-refractivity contribution < 1.29 is 19.4 Å². The van der Waals surface area contributed by atoms with Gasteiger partial charge in [0.05, 0.1) is 18.8 Å². The highest BCUT2D eigenvalue weighted by atomic mass is 16.7. The molecule has 4 aliphatic carbocycles. The van der Waals surface area contributed by atoms with Gasteiger partial charge < -0.3 is 14.6 Å². The lowest BCUT2D eigenvalue weighted by atomic mass is 9.44. The molecule has 2 aliphatic heterocycles. The molecule has 31 heavy (non-hydrogen) atoms. The number of carbonyl (C=O) groups excluding carboxylic acids is 1. The van der Waals surface area contributed by atoms with E-state index < -0.39 is 0 Å². The number of fused-ring (bicyclic) bond motifs is 7. The molecule has 6 rings (SSSR count). The molecule has 0 aromatic rings. The molecule has 1 N–H and O–H groups in total. The van der Waals surface area contributed by atoms with Crippen LogP contribution in [0.15, 0.2) is 0 Å². The first-order valence-electron chi connectivity index (χ1n) is 13.2. The zero-order chi connectivity index (χ0) is 21.8. The highest BCUT2D eigenvalue weighted by Gasteiger charge is 2.69. The largest absolute Gasteiger partial charge is 0.393 e. The van der Waals surface area contributed by atoms with Crippen LogP contribution in [0.3, 0.4) is 0 Å². The molecule has 6 aliphatic rings. The Balaban J connectivity index is 1.28. The topological polar surface area (TPSA) is 55.8 Å². The summed E-state index contributed by atoms with van der Waals surface area (Å²) in [5.74, 6) is 3.53. The van der Waals surface area contributed by atoms with Gasteiger partial charge in [0, 0.05) is 24.7 Å². The number of carbonyl (C=O) groups is 1. The lowest BCUT2D eigenvalue weighted by Crippen LogP contribution is -2.57. The molecule has 4 heteroatoms. The number of aliphatic hydroxyl groups is 1. The molecule has 0 radical (unpaired) electrons. The quantitative estimate of drug-likeness (QED) is 0.589. The van der Waals surface area contributed by atoms with Crippen LogP contribution in [-0.2, 0) is 14.3 Å². The van der Waals surface area contributed by atoms with E-state index in [-0.39, 0.29) is 28.6 Å². The van der Waals surface area contributed by atoms with Crippen LogP contribution in [-0.4, -0.2) is 35.5 Å². The van der Waals surface area contributed by atoms with Crippen molar-refractivity contribution in [3.05, 3.63) is 0 Å². The van der Waals surface area contributed by atoms with E-state index in [0.717, 1.165) is 38.7 Å². The van der Waals surface area contributed by atoms with Crippen LogP contribution >= 0.6 is 0 Å². The first-order chi connectivity index (χ1) is 14.7. The number of ether oxygens (including phenoxy) is 2. The fourth-order valence-corrected chi connectivity index (χ4v) is 10.0. The van der Waals surface area contributed by atoms with Crippen LogP contribution in [0, 0.1) is 52.3 Å². The van der Waals surface area contributed by atoms with E-state index in [4.69, 9.17) is 9.47 Å². The summed E-state index contributed by atoms with van der Waals surface area (Å²) in [5, 5.41) is 10.3. The SMILES string of the molecule is C[C@@H]1CC[C@@]2(OC1)O[C@H]1CC3[C@@H]4CC(=O)[C@H]5C[C@@H](O)CC[C@]5(C)C4CC[C@]3(C)[C@H]1[C@@H]2C. The summed E-state index contributed by atoms with van der Waals surface area (Å²) in [7, 11) is 0. The van der Waals surface area contributed by atoms with Gasteiger partial charge in [-0.3, -0.25) is 4.79 Å². The lowest BCUT2D eigenvalue weighted by Gasteiger charge is -2.60. The Morgan fingerprint density at radius 2 is 1.74 bits per heavy atom. The van der Waals surface area contributed by atoms with Crippen molar-refractivity contribution in [2.75, 3.05) is 6.61 Å². The minimum atomic E-state index is -0.356. The van der Waals surface area contributed by atoms with Crippen LogP contribution in [0.4, 0.5) is 0 Å². The van der Waals surface area contributed by atoms with Crippen molar-refractivity contribution in [3.8, 4) is 0 Å². The maximum absolute atomic E-state index is 13.3. The van der Waals surface area contributed by atoms with Crippen LogP contribution in [0.2, 0.25) is 0 Å². The average Bonchev–Trinajstić information content (AvgIpc) is 3.17. The number of hydrogen-bond acceptors (Lipinski definition) is 4. The third kappa shape index (κ3) is 2.74. The Morgan fingerprint density at radius 3 is 2.48 bits per heavy atom. The second-order valence-electron chi connectivity index (χ2n) is 13.1. The molecule has 1 spiro atoms. The van der Waals surface area contributed by atoms with E-state index in [1.165, 1.54) is 19.3 Å². The monoisotopic (exact) mass is 430 g/mol. The number of aliphatic hydroxyl groups excluding tert-OH is 1. The molecule has 2 unspecified atom stereocenters. The molecule has 2 saturated heterocycles. The molecule has 0 amide bonds. The molecule has 12 atom stereocenters. The van der Waals surface area contributed by atoms with Crippen molar-refractivity contribution in [1.82, 2.24) is 0 Å². The van der Waals surface area contributed by atoms with Crippen molar-refractivity contribution in [2.45, 2.75) is 103 Å². The van der Waals surface area contributed by atoms with E-state index in [1.807, 2.05) is 0 Å². The van der Waals surface area contributed by atoms with Gasteiger partial charge in [-0.05, 0) is 85.4 Å². The smallest absolute Gasteiger partial charge is 0.171 e. The summed E-state index contributed by atoms with van der Waals surface area (Å²) in [5.41, 5.74) is 0.355. The lowest BCUT2D eigenvalue weighted by molar-refractivity contribution is -0.273. The Kier molecular flexibility index (Phi) is 4.62. The summed E-state index contributed by atoms with van der Waals surface area (Å²) in [6.07, 6.45) is 9.21. The van der Waals surface area contributed by atoms with Gasteiger partial charge in [-0.25, -0.2) is 0 Å². The molecule has 4 saturated carbocycles. The van der Waals surface area contributed by atoms with Crippen LogP contribution in [0.1, 0.15) is 85.5 Å². The molecule has 0 bridgehead atoms. The van der Waals surface area contributed by atoms with E-state index in [1.54, 1.807) is 0 Å². The number of hydrogen-bond donors (Lipinski definition) is 1. The normalized spacial score (nSPS) is 60.9. The van der Waals surface area contributed by atoms with Crippen molar-refractivity contribution >= 4 is 5.78 Å². The van der Waals surface area contributed by atoms with E-state index in [0.29, 0.717) is 53.8 Å². The number of ketones is 1. The van der Waals surface area contributed by atoms with Gasteiger partial charge in [-0.2, -0.15) is 0 Å². The van der Waals surface area contributed by atoms with Crippen LogP contribution in [0.5, 0.6) is 0 Å². The van der Waals surface area contributed by atoms with Gasteiger partial charge in [0.25, 0.3) is 0 Å². The minimum absolute atomic E-state index is 0.0823. The fourth-order valence-electron chi connectivity index (χ4n) is 10.0. The molecule has 6 fully saturated rings. The molecule has 2 heterocycles. The predicted molar refractivity (Wildman–Crippen MR) is 118 cm³/mol. The Morgan fingerprint density at radius 1 is 0.968 bits per heavy atom. The second-order valence-corrected chi connectivity index (χ2v) is 13.1. The van der Waals surface area contributed by atoms with Crippen LogP contribution < -0.4 is 0 Å². The van der Waals surface area contributed by atoms with Gasteiger partial charge >= 0.3 is 0 Å². The maximum Gasteiger partial charge on any atom is 0.171 e. The first-order valence-corrected chi connectivity index (χ1v) is 13.2. The van der Waals surface area contributed by atoms with Crippen molar-refractivity contribution in [2.24, 2.45) is 52.3 Å². The summed E-state index contributed by atoms with van der Waals surface area (Å²) >= 11 is 0. The van der Waals surface area contributed by atoms with E-state index >= 15 is 0 Å². The molecule has 0 aromatic heterocycles. The van der Waals surface area contributed by atoms with Gasteiger partial charge in [0.1, 0.15) is 5.78 Å². The third-order valence-corrected chi connectivity index (χ3v) is 11.7. The van der Waals surface area contributed by atoms with Crippen LogP contribution in [0.25, 0.3) is 0 Å². The molecular formula is C27H42O4. The maximum atomic E-state index is 13.3. The van der Waals surface area contributed by atoms with Gasteiger partial charge in [0.15, 0.2) is 5.79 Å².